The minimum Gasteiger partial charge on any atom is -0.488 e. The number of halogens is 2. The maximum Gasteiger partial charge on any atom is 0.139 e. The smallest absolute Gasteiger partial charge is 0.139 e. The largest absolute Gasteiger partial charge is 0.488 e. The molecule has 0 amide bonds. The average molecular weight is 411 g/mol. The molecule has 110 valence electrons. The second-order valence-electron chi connectivity index (χ2n) is 4.70. The SMILES string of the molecule is C=CCOc1c(Br)cc(Br)cc1CNc1cccc(C)c1. The van der Waals surface area contributed by atoms with Crippen molar-refractivity contribution in [3.05, 3.63) is 69.1 Å². The standard InChI is InChI=1S/C17H17Br2NO/c1-3-7-21-17-13(9-14(18)10-16(17)19)11-20-15-6-4-5-12(2)8-15/h3-6,8-10,20H,1,7,11H2,2H3. The van der Waals surface area contributed by atoms with Crippen LogP contribution in [0.4, 0.5) is 5.69 Å². The highest BCUT2D eigenvalue weighted by atomic mass is 79.9. The van der Waals surface area contributed by atoms with Crippen LogP contribution in [0.2, 0.25) is 0 Å². The van der Waals surface area contributed by atoms with Crippen molar-refractivity contribution in [1.82, 2.24) is 0 Å². The van der Waals surface area contributed by atoms with Gasteiger partial charge >= 0.3 is 0 Å². The van der Waals surface area contributed by atoms with Crippen LogP contribution in [0.15, 0.2) is 58.0 Å². The van der Waals surface area contributed by atoms with Crippen molar-refractivity contribution in [3.63, 3.8) is 0 Å². The van der Waals surface area contributed by atoms with Gasteiger partial charge in [0.1, 0.15) is 12.4 Å². The fourth-order valence-corrected chi connectivity index (χ4v) is 3.43. The Morgan fingerprint density at radius 3 is 2.76 bits per heavy atom. The van der Waals surface area contributed by atoms with Crippen molar-refractivity contribution in [1.29, 1.82) is 0 Å². The van der Waals surface area contributed by atoms with Crippen LogP contribution in [0.25, 0.3) is 0 Å². The third-order valence-corrected chi connectivity index (χ3v) is 3.98. The third-order valence-electron chi connectivity index (χ3n) is 2.93. The summed E-state index contributed by atoms with van der Waals surface area (Å²) in [7, 11) is 0. The highest BCUT2D eigenvalue weighted by Gasteiger charge is 2.10. The summed E-state index contributed by atoms with van der Waals surface area (Å²) in [6, 6.07) is 12.4. The Morgan fingerprint density at radius 1 is 1.24 bits per heavy atom. The van der Waals surface area contributed by atoms with E-state index in [-0.39, 0.29) is 0 Å². The lowest BCUT2D eigenvalue weighted by molar-refractivity contribution is 0.357. The molecule has 0 saturated heterocycles. The first kappa shape index (κ1) is 16.1. The maximum atomic E-state index is 5.76. The van der Waals surface area contributed by atoms with Crippen molar-refractivity contribution in [2.45, 2.75) is 13.5 Å². The van der Waals surface area contributed by atoms with Gasteiger partial charge in [0.2, 0.25) is 0 Å². The summed E-state index contributed by atoms with van der Waals surface area (Å²) in [6.07, 6.45) is 1.74. The van der Waals surface area contributed by atoms with Gasteiger partial charge in [-0.3, -0.25) is 0 Å². The van der Waals surface area contributed by atoms with Crippen LogP contribution in [0.3, 0.4) is 0 Å². The van der Waals surface area contributed by atoms with Crippen LogP contribution in [0.5, 0.6) is 5.75 Å². The van der Waals surface area contributed by atoms with E-state index in [1.807, 2.05) is 12.1 Å². The van der Waals surface area contributed by atoms with E-state index in [1.165, 1.54) is 5.56 Å². The first-order valence-electron chi connectivity index (χ1n) is 6.62. The van der Waals surface area contributed by atoms with Gasteiger partial charge in [-0.05, 0) is 52.7 Å². The molecule has 0 aliphatic rings. The molecule has 2 aromatic rings. The lowest BCUT2D eigenvalue weighted by Crippen LogP contribution is -2.04. The van der Waals surface area contributed by atoms with E-state index in [4.69, 9.17) is 4.74 Å². The zero-order valence-electron chi connectivity index (χ0n) is 11.8. The molecule has 2 aromatic carbocycles. The summed E-state index contributed by atoms with van der Waals surface area (Å²) in [5.41, 5.74) is 3.42. The zero-order chi connectivity index (χ0) is 15.2. The van der Waals surface area contributed by atoms with Crippen molar-refractivity contribution in [2.24, 2.45) is 0 Å². The van der Waals surface area contributed by atoms with Gasteiger partial charge < -0.3 is 10.1 Å². The van der Waals surface area contributed by atoms with E-state index in [1.54, 1.807) is 6.08 Å². The third kappa shape index (κ3) is 4.61. The molecule has 0 radical (unpaired) electrons. The van der Waals surface area contributed by atoms with Crippen LogP contribution in [-0.4, -0.2) is 6.61 Å². The summed E-state index contributed by atoms with van der Waals surface area (Å²) in [5.74, 6) is 0.846. The molecule has 21 heavy (non-hydrogen) atoms. The Balaban J connectivity index is 2.19. The second-order valence-corrected chi connectivity index (χ2v) is 6.47. The summed E-state index contributed by atoms with van der Waals surface area (Å²) in [4.78, 5) is 0. The summed E-state index contributed by atoms with van der Waals surface area (Å²) < 4.78 is 7.70. The fourth-order valence-electron chi connectivity index (χ4n) is 2.00. The number of anilines is 1. The predicted octanol–water partition coefficient (Wildman–Crippen LogP) is 5.70. The zero-order valence-corrected chi connectivity index (χ0v) is 15.0. The van der Waals surface area contributed by atoms with Crippen LogP contribution in [0.1, 0.15) is 11.1 Å². The van der Waals surface area contributed by atoms with Crippen LogP contribution >= 0.6 is 31.9 Å². The van der Waals surface area contributed by atoms with Gasteiger partial charge in [-0.2, -0.15) is 0 Å². The quantitative estimate of drug-likeness (QED) is 0.617. The number of hydrogen-bond donors (Lipinski definition) is 1. The van der Waals surface area contributed by atoms with E-state index in [9.17, 15) is 0 Å². The summed E-state index contributed by atoms with van der Waals surface area (Å²) in [6.45, 7) is 6.95. The molecule has 0 fully saturated rings. The minimum absolute atomic E-state index is 0.484. The molecule has 2 nitrogen and oxygen atoms in total. The lowest BCUT2D eigenvalue weighted by atomic mass is 10.2. The molecule has 0 aliphatic heterocycles. The van der Waals surface area contributed by atoms with Gasteiger partial charge in [0.05, 0.1) is 4.47 Å². The molecule has 0 saturated carbocycles. The van der Waals surface area contributed by atoms with Gasteiger partial charge in [-0.1, -0.05) is 40.7 Å². The van der Waals surface area contributed by atoms with Crippen LogP contribution in [0, 0.1) is 6.92 Å². The van der Waals surface area contributed by atoms with E-state index < -0.39 is 0 Å². The number of hydrogen-bond acceptors (Lipinski definition) is 2. The molecule has 0 unspecified atom stereocenters. The van der Waals surface area contributed by atoms with Gasteiger partial charge in [0.25, 0.3) is 0 Å². The van der Waals surface area contributed by atoms with Crippen LogP contribution < -0.4 is 10.1 Å². The molecule has 0 bridgehead atoms. The molecule has 1 N–H and O–H groups in total. The summed E-state index contributed by atoms with van der Waals surface area (Å²) in [5, 5.41) is 3.43. The fraction of sp³-hybridized carbons (Fsp3) is 0.176. The predicted molar refractivity (Wildman–Crippen MR) is 96.0 cm³/mol. The number of aryl methyl sites for hydroxylation is 1. The first-order valence-corrected chi connectivity index (χ1v) is 8.21. The normalized spacial score (nSPS) is 10.2. The molecule has 0 aliphatic carbocycles. The van der Waals surface area contributed by atoms with E-state index in [0.29, 0.717) is 13.2 Å². The lowest BCUT2D eigenvalue weighted by Gasteiger charge is -2.14. The van der Waals surface area contributed by atoms with E-state index in [2.05, 4.69) is 74.9 Å². The highest BCUT2D eigenvalue weighted by molar-refractivity contribution is 9.11. The molecule has 4 heteroatoms. The van der Waals surface area contributed by atoms with Gasteiger partial charge in [0, 0.05) is 22.3 Å². The highest BCUT2D eigenvalue weighted by Crippen LogP contribution is 2.33. The monoisotopic (exact) mass is 409 g/mol. The van der Waals surface area contributed by atoms with E-state index in [0.717, 1.165) is 25.9 Å². The Hall–Kier alpha value is -1.26. The molecule has 0 aromatic heterocycles. The molecule has 2 rings (SSSR count). The Bertz CT molecular complexity index is 641. The average Bonchev–Trinajstić information content (AvgIpc) is 2.44. The van der Waals surface area contributed by atoms with E-state index >= 15 is 0 Å². The number of nitrogens with one attached hydrogen (secondary N) is 1. The molecule has 0 atom stereocenters. The van der Waals surface area contributed by atoms with Gasteiger partial charge in [-0.25, -0.2) is 0 Å². The minimum atomic E-state index is 0.484. The molecular weight excluding hydrogens is 394 g/mol. The number of ether oxygens (including phenoxy) is 1. The van der Waals surface area contributed by atoms with Crippen LogP contribution in [-0.2, 0) is 6.54 Å². The van der Waals surface area contributed by atoms with Gasteiger partial charge in [0.15, 0.2) is 0 Å². The maximum absolute atomic E-state index is 5.76. The molecule has 0 spiro atoms. The Morgan fingerprint density at radius 2 is 2.05 bits per heavy atom. The number of benzene rings is 2. The number of rotatable bonds is 6. The first-order chi connectivity index (χ1) is 10.1. The Labute approximate surface area is 142 Å². The summed E-state index contributed by atoms with van der Waals surface area (Å²) >= 11 is 7.07. The van der Waals surface area contributed by atoms with Crippen molar-refractivity contribution in [3.8, 4) is 5.75 Å². The van der Waals surface area contributed by atoms with Crippen molar-refractivity contribution < 1.29 is 4.74 Å². The topological polar surface area (TPSA) is 21.3 Å². The Kier molecular flexibility index (Phi) is 5.88. The second kappa shape index (κ2) is 7.66. The molecule has 0 heterocycles. The van der Waals surface area contributed by atoms with Gasteiger partial charge in [-0.15, -0.1) is 0 Å². The van der Waals surface area contributed by atoms with Crippen molar-refractivity contribution >= 4 is 37.5 Å². The molecular formula is C17H17Br2NO. The van der Waals surface area contributed by atoms with Crippen molar-refractivity contribution in [2.75, 3.05) is 11.9 Å².